The Bertz CT molecular complexity index is 981. The van der Waals surface area contributed by atoms with Gasteiger partial charge in [-0.3, -0.25) is 4.79 Å². The molecule has 0 bridgehead atoms. The second kappa shape index (κ2) is 10.4. The van der Waals surface area contributed by atoms with Crippen molar-refractivity contribution < 1.29 is 28.3 Å². The summed E-state index contributed by atoms with van der Waals surface area (Å²) in [6, 6.07) is 7.42. The lowest BCUT2D eigenvalue weighted by molar-refractivity contribution is -0.139. The fraction of sp³-hybridized carbons (Fsp3) is 0.520. The van der Waals surface area contributed by atoms with Crippen LogP contribution in [0, 0.1) is 5.92 Å². The zero-order valence-corrected chi connectivity index (χ0v) is 18.7. The number of ether oxygens (including phenoxy) is 4. The van der Waals surface area contributed by atoms with Gasteiger partial charge in [0.2, 0.25) is 12.7 Å². The maximum absolute atomic E-state index is 13.0. The molecular weight excluding hydrogens is 424 g/mol. The number of carbonyl (C=O) groups is 1. The van der Waals surface area contributed by atoms with E-state index in [1.165, 1.54) is 0 Å². The van der Waals surface area contributed by atoms with Crippen LogP contribution in [0.5, 0.6) is 11.5 Å². The molecule has 0 N–H and O–H groups in total. The van der Waals surface area contributed by atoms with Gasteiger partial charge in [-0.2, -0.15) is 0 Å². The van der Waals surface area contributed by atoms with Crippen molar-refractivity contribution in [1.82, 2.24) is 10.1 Å². The second-order valence-electron chi connectivity index (χ2n) is 8.83. The Morgan fingerprint density at radius 3 is 2.91 bits per heavy atom. The minimum absolute atomic E-state index is 0.000424. The number of aromatic nitrogens is 1. The van der Waals surface area contributed by atoms with Gasteiger partial charge in [0.05, 0.1) is 12.7 Å². The second-order valence-corrected chi connectivity index (χ2v) is 8.83. The number of hydrogen-bond acceptors (Lipinski definition) is 7. The van der Waals surface area contributed by atoms with Gasteiger partial charge in [-0.1, -0.05) is 17.3 Å². The maximum Gasteiger partial charge on any atom is 0.248 e. The molecule has 0 radical (unpaired) electrons. The molecule has 1 amide bonds. The van der Waals surface area contributed by atoms with Gasteiger partial charge in [0.25, 0.3) is 0 Å². The van der Waals surface area contributed by atoms with Gasteiger partial charge in [-0.05, 0) is 56.2 Å². The van der Waals surface area contributed by atoms with Crippen LogP contribution in [-0.4, -0.2) is 55.2 Å². The van der Waals surface area contributed by atoms with Crippen LogP contribution in [0.25, 0.3) is 11.3 Å². The van der Waals surface area contributed by atoms with Crippen molar-refractivity contribution in [3.8, 4) is 22.8 Å². The lowest BCUT2D eigenvalue weighted by Crippen LogP contribution is -2.42. The fourth-order valence-electron chi connectivity index (χ4n) is 4.55. The van der Waals surface area contributed by atoms with E-state index < -0.39 is 0 Å². The number of benzene rings is 1. The summed E-state index contributed by atoms with van der Waals surface area (Å²) in [4.78, 5) is 14.9. The van der Waals surface area contributed by atoms with Gasteiger partial charge in [-0.25, -0.2) is 0 Å². The highest BCUT2D eigenvalue weighted by atomic mass is 16.7. The Hall–Kier alpha value is -2.84. The molecule has 0 unspecified atom stereocenters. The monoisotopic (exact) mass is 454 g/mol. The van der Waals surface area contributed by atoms with Crippen molar-refractivity contribution in [2.24, 2.45) is 5.92 Å². The van der Waals surface area contributed by atoms with Gasteiger partial charge >= 0.3 is 0 Å². The number of nitrogens with zero attached hydrogens (tertiary/aromatic N) is 2. The van der Waals surface area contributed by atoms with Crippen LogP contribution in [0.15, 0.2) is 40.9 Å². The van der Waals surface area contributed by atoms with E-state index in [0.29, 0.717) is 29.7 Å². The van der Waals surface area contributed by atoms with Crippen LogP contribution in [0.4, 0.5) is 0 Å². The first kappa shape index (κ1) is 22.0. The molecule has 3 heterocycles. The molecule has 0 saturated carbocycles. The minimum Gasteiger partial charge on any atom is -0.454 e. The van der Waals surface area contributed by atoms with E-state index in [0.717, 1.165) is 56.6 Å². The molecule has 1 aromatic carbocycles. The Kier molecular flexibility index (Phi) is 6.92. The largest absolute Gasteiger partial charge is 0.454 e. The normalized spacial score (nSPS) is 21.5. The van der Waals surface area contributed by atoms with E-state index in [-0.39, 0.29) is 32.0 Å². The summed E-state index contributed by atoms with van der Waals surface area (Å²) in [6.07, 6.45) is 9.88. The first-order valence-corrected chi connectivity index (χ1v) is 11.7. The predicted molar refractivity (Wildman–Crippen MR) is 120 cm³/mol. The van der Waals surface area contributed by atoms with Gasteiger partial charge in [0, 0.05) is 31.3 Å². The minimum atomic E-state index is -0.000424. The molecule has 1 aliphatic carbocycles. The van der Waals surface area contributed by atoms with E-state index >= 15 is 0 Å². The molecule has 8 nitrogen and oxygen atoms in total. The molecule has 0 spiro atoms. The summed E-state index contributed by atoms with van der Waals surface area (Å²) in [5, 5.41) is 4.08. The molecule has 1 fully saturated rings. The van der Waals surface area contributed by atoms with Crippen LogP contribution >= 0.6 is 0 Å². The van der Waals surface area contributed by atoms with Crippen molar-refractivity contribution in [1.29, 1.82) is 0 Å². The average Bonchev–Trinajstić information content (AvgIpc) is 3.61. The van der Waals surface area contributed by atoms with Crippen molar-refractivity contribution in [3.63, 3.8) is 0 Å². The third kappa shape index (κ3) is 5.57. The lowest BCUT2D eigenvalue weighted by Gasteiger charge is -2.30. The van der Waals surface area contributed by atoms with Gasteiger partial charge in [0.15, 0.2) is 17.3 Å². The summed E-state index contributed by atoms with van der Waals surface area (Å²) < 4.78 is 27.7. The summed E-state index contributed by atoms with van der Waals surface area (Å²) in [7, 11) is 0. The van der Waals surface area contributed by atoms with Crippen LogP contribution in [0.2, 0.25) is 0 Å². The number of allylic oxidation sites excluding steroid dienone is 2. The molecule has 1 aromatic heterocycles. The van der Waals surface area contributed by atoms with Gasteiger partial charge < -0.3 is 28.4 Å². The third-order valence-corrected chi connectivity index (χ3v) is 6.35. The zero-order valence-electron chi connectivity index (χ0n) is 18.7. The SMILES string of the molecule is O=C(COCc1cc(-c2ccc3c(c2)OCO3)on1)N(C[C@H]1CC=CCC1)C[C@@H]1CCCO1. The van der Waals surface area contributed by atoms with E-state index in [1.54, 1.807) is 0 Å². The van der Waals surface area contributed by atoms with E-state index in [1.807, 2.05) is 29.2 Å². The first-order chi connectivity index (χ1) is 16.2. The third-order valence-electron chi connectivity index (χ3n) is 6.35. The highest BCUT2D eigenvalue weighted by molar-refractivity contribution is 5.77. The number of rotatable bonds is 9. The number of carbonyl (C=O) groups excluding carboxylic acids is 1. The molecule has 33 heavy (non-hydrogen) atoms. The summed E-state index contributed by atoms with van der Waals surface area (Å²) in [5.41, 5.74) is 1.48. The molecule has 2 atom stereocenters. The summed E-state index contributed by atoms with van der Waals surface area (Å²) >= 11 is 0. The molecule has 2 aromatic rings. The zero-order chi connectivity index (χ0) is 22.5. The first-order valence-electron chi connectivity index (χ1n) is 11.7. The lowest BCUT2D eigenvalue weighted by atomic mass is 9.94. The maximum atomic E-state index is 13.0. The van der Waals surface area contributed by atoms with E-state index in [4.69, 9.17) is 23.5 Å². The van der Waals surface area contributed by atoms with Crippen molar-refractivity contribution in [3.05, 3.63) is 42.1 Å². The van der Waals surface area contributed by atoms with Crippen molar-refractivity contribution in [2.45, 2.75) is 44.8 Å². The Labute approximate surface area is 193 Å². The molecule has 1 saturated heterocycles. The van der Waals surface area contributed by atoms with Crippen molar-refractivity contribution in [2.75, 3.05) is 33.1 Å². The van der Waals surface area contributed by atoms with E-state index in [9.17, 15) is 4.79 Å². The number of fused-ring (bicyclic) bond motifs is 1. The van der Waals surface area contributed by atoms with Crippen molar-refractivity contribution >= 4 is 5.91 Å². The molecule has 3 aliphatic rings. The van der Waals surface area contributed by atoms with Crippen LogP contribution in [-0.2, 0) is 20.9 Å². The fourth-order valence-corrected chi connectivity index (χ4v) is 4.55. The number of hydrogen-bond donors (Lipinski definition) is 0. The molecule has 2 aliphatic heterocycles. The highest BCUT2D eigenvalue weighted by Gasteiger charge is 2.25. The molecule has 5 rings (SSSR count). The van der Waals surface area contributed by atoms with Gasteiger partial charge in [0.1, 0.15) is 12.3 Å². The summed E-state index contributed by atoms with van der Waals surface area (Å²) in [6.45, 7) is 2.63. The Morgan fingerprint density at radius 2 is 2.06 bits per heavy atom. The molecule has 8 heteroatoms. The smallest absolute Gasteiger partial charge is 0.248 e. The van der Waals surface area contributed by atoms with Crippen LogP contribution in [0.1, 0.15) is 37.8 Å². The Morgan fingerprint density at radius 1 is 1.12 bits per heavy atom. The average molecular weight is 455 g/mol. The molecule has 176 valence electrons. The van der Waals surface area contributed by atoms with E-state index in [2.05, 4.69) is 17.3 Å². The standard InChI is InChI=1S/C25H30N2O6/c28-25(27(14-21-7-4-10-30-21)13-18-5-2-1-3-6-18)16-29-15-20-12-23(33-26-20)19-8-9-22-24(11-19)32-17-31-22/h1-2,8-9,11-12,18,21H,3-7,10,13-17H2/t18-,21-/m0/s1. The highest BCUT2D eigenvalue weighted by Crippen LogP contribution is 2.36. The van der Waals surface area contributed by atoms with Crippen LogP contribution in [0.3, 0.4) is 0 Å². The molecular formula is C25H30N2O6. The topological polar surface area (TPSA) is 83.3 Å². The summed E-state index contributed by atoms with van der Waals surface area (Å²) in [5.74, 6) is 2.52. The predicted octanol–water partition coefficient (Wildman–Crippen LogP) is 3.95. The Balaban J connectivity index is 1.15. The van der Waals surface area contributed by atoms with Gasteiger partial charge in [-0.15, -0.1) is 0 Å². The quantitative estimate of drug-likeness (QED) is 0.531. The van der Waals surface area contributed by atoms with Crippen LogP contribution < -0.4 is 9.47 Å². The number of amides is 1.